The number of alkyl halides is 3. The first-order chi connectivity index (χ1) is 12.3. The number of anilines is 2. The molecular weight excluding hydrogens is 371 g/mol. The minimum Gasteiger partial charge on any atom is -0.479 e. The molecule has 6 nitrogen and oxygen atoms in total. The molecule has 10 heteroatoms. The van der Waals surface area contributed by atoms with E-state index in [0.29, 0.717) is 6.42 Å². The predicted octanol–water partition coefficient (Wildman–Crippen LogP) is 3.70. The van der Waals surface area contributed by atoms with Crippen molar-refractivity contribution in [2.75, 3.05) is 17.2 Å². The van der Waals surface area contributed by atoms with E-state index in [0.717, 1.165) is 23.6 Å². The number of aromatic nitrogens is 1. The van der Waals surface area contributed by atoms with Crippen LogP contribution in [-0.2, 0) is 17.4 Å². The van der Waals surface area contributed by atoms with Gasteiger partial charge in [-0.25, -0.2) is 4.98 Å². The van der Waals surface area contributed by atoms with Crippen molar-refractivity contribution in [1.29, 1.82) is 0 Å². The van der Waals surface area contributed by atoms with Crippen LogP contribution in [0.15, 0.2) is 18.3 Å². The van der Waals surface area contributed by atoms with Gasteiger partial charge in [-0.3, -0.25) is 9.59 Å². The Morgan fingerprint density at radius 3 is 2.88 bits per heavy atom. The number of nitrogens with one attached hydrogen (secondary N) is 2. The van der Waals surface area contributed by atoms with Gasteiger partial charge >= 0.3 is 6.18 Å². The topological polar surface area (TPSA) is 80.3 Å². The van der Waals surface area contributed by atoms with Gasteiger partial charge in [-0.1, -0.05) is 6.92 Å². The standard InChI is InChI=1S/C16H14F3N3O3S/c1-2-3-13-20-6-11(26-13)15(24)22-10-5-8(16(17,18)19)4-9-14(10)25-7-12(23)21-9/h4-6H,2-3,7H2,1H3,(H,21,23)(H,22,24). The van der Waals surface area contributed by atoms with E-state index in [-0.39, 0.29) is 28.6 Å². The molecule has 3 rings (SSSR count). The fraction of sp³-hybridized carbons (Fsp3) is 0.312. The number of hydrogen-bond acceptors (Lipinski definition) is 5. The van der Waals surface area contributed by atoms with Gasteiger partial charge in [0.25, 0.3) is 11.8 Å². The average molecular weight is 385 g/mol. The van der Waals surface area contributed by atoms with E-state index in [1.54, 1.807) is 0 Å². The van der Waals surface area contributed by atoms with E-state index in [4.69, 9.17) is 4.74 Å². The molecule has 26 heavy (non-hydrogen) atoms. The Bertz CT molecular complexity index is 864. The summed E-state index contributed by atoms with van der Waals surface area (Å²) in [7, 11) is 0. The number of carbonyl (C=O) groups is 2. The van der Waals surface area contributed by atoms with Gasteiger partial charge in [-0.05, 0) is 25.0 Å². The molecule has 2 amide bonds. The fourth-order valence-corrected chi connectivity index (χ4v) is 3.30. The molecule has 0 spiro atoms. The van der Waals surface area contributed by atoms with Gasteiger partial charge in [0.05, 0.1) is 28.1 Å². The normalized spacial score (nSPS) is 13.6. The summed E-state index contributed by atoms with van der Waals surface area (Å²) in [6, 6.07) is 1.55. The molecule has 0 saturated heterocycles. The number of aryl methyl sites for hydroxylation is 1. The highest BCUT2D eigenvalue weighted by atomic mass is 32.1. The number of halogens is 3. The highest BCUT2D eigenvalue weighted by Crippen LogP contribution is 2.42. The molecule has 2 aromatic rings. The molecule has 0 fully saturated rings. The number of fused-ring (bicyclic) bond motifs is 1. The molecule has 2 N–H and O–H groups in total. The number of hydrogen-bond donors (Lipinski definition) is 2. The number of benzene rings is 1. The van der Waals surface area contributed by atoms with Crippen LogP contribution in [0.3, 0.4) is 0 Å². The zero-order chi connectivity index (χ0) is 18.9. The van der Waals surface area contributed by atoms with Crippen molar-refractivity contribution in [3.63, 3.8) is 0 Å². The van der Waals surface area contributed by atoms with E-state index in [1.807, 2.05) is 6.92 Å². The number of amides is 2. The molecule has 1 aromatic carbocycles. The Hall–Kier alpha value is -2.62. The molecule has 0 unspecified atom stereocenters. The summed E-state index contributed by atoms with van der Waals surface area (Å²) in [5.41, 5.74) is -1.30. The molecule has 0 atom stereocenters. The summed E-state index contributed by atoms with van der Waals surface area (Å²) in [6.07, 6.45) is -1.68. The Morgan fingerprint density at radius 1 is 1.42 bits per heavy atom. The van der Waals surface area contributed by atoms with Crippen LogP contribution in [0.25, 0.3) is 0 Å². The number of thiazole rings is 1. The summed E-state index contributed by atoms with van der Waals surface area (Å²) in [5.74, 6) is -1.17. The number of nitrogens with zero attached hydrogens (tertiary/aromatic N) is 1. The maximum absolute atomic E-state index is 13.1. The largest absolute Gasteiger partial charge is 0.479 e. The van der Waals surface area contributed by atoms with Crippen molar-refractivity contribution >= 4 is 34.5 Å². The van der Waals surface area contributed by atoms with E-state index in [1.165, 1.54) is 17.5 Å². The molecule has 0 bridgehead atoms. The van der Waals surface area contributed by atoms with Gasteiger partial charge in [-0.15, -0.1) is 11.3 Å². The van der Waals surface area contributed by atoms with Crippen molar-refractivity contribution in [3.05, 3.63) is 33.8 Å². The predicted molar refractivity (Wildman–Crippen MR) is 89.6 cm³/mol. The minimum absolute atomic E-state index is 0.00996. The summed E-state index contributed by atoms with van der Waals surface area (Å²) in [6.45, 7) is 1.63. The third-order valence-electron chi connectivity index (χ3n) is 3.53. The molecule has 1 aliphatic heterocycles. The zero-order valence-electron chi connectivity index (χ0n) is 13.6. The van der Waals surface area contributed by atoms with Crippen LogP contribution in [0, 0.1) is 0 Å². The van der Waals surface area contributed by atoms with Gasteiger partial charge in [0.2, 0.25) is 0 Å². The van der Waals surface area contributed by atoms with Crippen molar-refractivity contribution in [3.8, 4) is 5.75 Å². The van der Waals surface area contributed by atoms with E-state index < -0.39 is 23.6 Å². The van der Waals surface area contributed by atoms with Gasteiger partial charge in [0.15, 0.2) is 12.4 Å². The summed E-state index contributed by atoms with van der Waals surface area (Å²) in [4.78, 5) is 28.2. The Morgan fingerprint density at radius 2 is 2.19 bits per heavy atom. The number of ether oxygens (including phenoxy) is 1. The highest BCUT2D eigenvalue weighted by molar-refractivity contribution is 7.13. The maximum atomic E-state index is 13.1. The van der Waals surface area contributed by atoms with Crippen LogP contribution in [-0.4, -0.2) is 23.4 Å². The van der Waals surface area contributed by atoms with Crippen molar-refractivity contribution in [1.82, 2.24) is 4.98 Å². The minimum atomic E-state index is -4.64. The maximum Gasteiger partial charge on any atom is 0.416 e. The summed E-state index contributed by atoms with van der Waals surface area (Å²) >= 11 is 1.18. The molecule has 2 heterocycles. The highest BCUT2D eigenvalue weighted by Gasteiger charge is 2.34. The fourth-order valence-electron chi connectivity index (χ4n) is 2.39. The van der Waals surface area contributed by atoms with Crippen molar-refractivity contribution in [2.45, 2.75) is 25.9 Å². The Balaban J connectivity index is 1.93. The van der Waals surface area contributed by atoms with Crippen LogP contribution in [0.1, 0.15) is 33.6 Å². The first-order valence-electron chi connectivity index (χ1n) is 7.72. The smallest absolute Gasteiger partial charge is 0.416 e. The van der Waals surface area contributed by atoms with Crippen LogP contribution >= 0.6 is 11.3 Å². The van der Waals surface area contributed by atoms with Gasteiger partial charge in [0, 0.05) is 0 Å². The molecule has 0 radical (unpaired) electrons. The lowest BCUT2D eigenvalue weighted by atomic mass is 10.1. The Kier molecular flexibility index (Phi) is 4.86. The number of carbonyl (C=O) groups excluding carboxylic acids is 2. The lowest BCUT2D eigenvalue weighted by molar-refractivity contribution is -0.137. The third kappa shape index (κ3) is 3.79. The summed E-state index contributed by atoms with van der Waals surface area (Å²) in [5, 5.41) is 5.52. The average Bonchev–Trinajstić information content (AvgIpc) is 3.02. The second-order valence-electron chi connectivity index (χ2n) is 5.56. The second kappa shape index (κ2) is 6.94. The lowest BCUT2D eigenvalue weighted by Crippen LogP contribution is -2.27. The molecule has 1 aliphatic rings. The van der Waals surface area contributed by atoms with Crippen LogP contribution in [0.4, 0.5) is 24.5 Å². The molecular formula is C16H14F3N3O3S. The SMILES string of the molecule is CCCc1ncc(C(=O)Nc2cc(C(F)(F)F)cc3c2OCC(=O)N3)s1. The van der Waals surface area contributed by atoms with Crippen molar-refractivity contribution < 1.29 is 27.5 Å². The van der Waals surface area contributed by atoms with Crippen LogP contribution in [0.5, 0.6) is 5.75 Å². The molecule has 138 valence electrons. The zero-order valence-corrected chi connectivity index (χ0v) is 14.4. The van der Waals surface area contributed by atoms with Crippen LogP contribution in [0.2, 0.25) is 0 Å². The molecule has 1 aromatic heterocycles. The quantitative estimate of drug-likeness (QED) is 0.841. The van der Waals surface area contributed by atoms with Crippen LogP contribution < -0.4 is 15.4 Å². The second-order valence-corrected chi connectivity index (χ2v) is 6.67. The first-order valence-corrected chi connectivity index (χ1v) is 8.53. The van der Waals surface area contributed by atoms with E-state index in [9.17, 15) is 22.8 Å². The first kappa shape index (κ1) is 18.2. The van der Waals surface area contributed by atoms with Crippen molar-refractivity contribution in [2.24, 2.45) is 0 Å². The monoisotopic (exact) mass is 385 g/mol. The van der Waals surface area contributed by atoms with Gasteiger partial charge < -0.3 is 15.4 Å². The number of rotatable bonds is 4. The van der Waals surface area contributed by atoms with Gasteiger partial charge in [0.1, 0.15) is 4.88 Å². The van der Waals surface area contributed by atoms with Gasteiger partial charge in [-0.2, -0.15) is 13.2 Å². The van der Waals surface area contributed by atoms with E-state index >= 15 is 0 Å². The summed E-state index contributed by atoms with van der Waals surface area (Å²) < 4.78 is 44.5. The third-order valence-corrected chi connectivity index (χ3v) is 4.58. The molecule has 0 saturated carbocycles. The Labute approximate surface area is 150 Å². The van der Waals surface area contributed by atoms with E-state index in [2.05, 4.69) is 15.6 Å². The lowest BCUT2D eigenvalue weighted by Gasteiger charge is -2.22. The molecule has 0 aliphatic carbocycles.